The highest BCUT2D eigenvalue weighted by atomic mass is 32.2. The SMILES string of the molecule is COc1cccc(C(=O)N2CCN(S(=O)(=O)c3c(C)nn(Cc4ccccc4)c3C)CC2)c1. The smallest absolute Gasteiger partial charge is 0.254 e. The molecule has 0 spiro atoms. The molecule has 8 nitrogen and oxygen atoms in total. The van der Waals surface area contributed by atoms with Crippen LogP contribution in [0.3, 0.4) is 0 Å². The van der Waals surface area contributed by atoms with Crippen LogP contribution in [0.4, 0.5) is 0 Å². The molecule has 0 radical (unpaired) electrons. The number of hydrogen-bond donors (Lipinski definition) is 0. The maximum atomic E-state index is 13.5. The maximum absolute atomic E-state index is 13.5. The molecule has 174 valence electrons. The fraction of sp³-hybridized carbons (Fsp3) is 0.333. The molecular formula is C24H28N4O4S. The standard InChI is InChI=1S/C24H28N4O4S/c1-18-23(19(2)28(25-18)17-20-8-5-4-6-9-20)33(30,31)27-14-12-26(13-15-27)24(29)21-10-7-11-22(16-21)32-3/h4-11,16H,12-15,17H2,1-3H3. The zero-order chi connectivity index (χ0) is 23.6. The summed E-state index contributed by atoms with van der Waals surface area (Å²) >= 11 is 0. The van der Waals surface area contributed by atoms with Gasteiger partial charge in [0.15, 0.2) is 0 Å². The molecule has 0 unspecified atom stereocenters. The van der Waals surface area contributed by atoms with Gasteiger partial charge >= 0.3 is 0 Å². The van der Waals surface area contributed by atoms with Crippen molar-refractivity contribution in [2.45, 2.75) is 25.3 Å². The van der Waals surface area contributed by atoms with E-state index in [0.29, 0.717) is 42.3 Å². The highest BCUT2D eigenvalue weighted by Crippen LogP contribution is 2.25. The summed E-state index contributed by atoms with van der Waals surface area (Å²) in [6.07, 6.45) is 0. The lowest BCUT2D eigenvalue weighted by Crippen LogP contribution is -2.50. The van der Waals surface area contributed by atoms with Crippen LogP contribution in [0.5, 0.6) is 5.75 Å². The van der Waals surface area contributed by atoms with E-state index in [1.165, 1.54) is 4.31 Å². The molecule has 1 amide bonds. The molecule has 3 aromatic rings. The fourth-order valence-electron chi connectivity index (χ4n) is 4.16. The average Bonchev–Trinajstić information content (AvgIpc) is 3.12. The van der Waals surface area contributed by atoms with Crippen molar-refractivity contribution in [3.05, 3.63) is 77.1 Å². The number of rotatable bonds is 6. The van der Waals surface area contributed by atoms with Crippen molar-refractivity contribution in [3.63, 3.8) is 0 Å². The number of piperazine rings is 1. The van der Waals surface area contributed by atoms with Crippen LogP contribution in [0, 0.1) is 13.8 Å². The summed E-state index contributed by atoms with van der Waals surface area (Å²) in [5.74, 6) is 0.481. The van der Waals surface area contributed by atoms with Gasteiger partial charge in [0, 0.05) is 31.7 Å². The Morgan fingerprint density at radius 3 is 2.36 bits per heavy atom. The number of hydrogen-bond acceptors (Lipinski definition) is 5. The van der Waals surface area contributed by atoms with Crippen molar-refractivity contribution in [2.75, 3.05) is 33.3 Å². The number of ether oxygens (including phenoxy) is 1. The first-order valence-corrected chi connectivity index (χ1v) is 12.3. The molecule has 2 aromatic carbocycles. The van der Waals surface area contributed by atoms with Gasteiger partial charge < -0.3 is 9.64 Å². The molecule has 1 aliphatic heterocycles. The largest absolute Gasteiger partial charge is 0.497 e. The third kappa shape index (κ3) is 4.65. The van der Waals surface area contributed by atoms with Crippen LogP contribution in [-0.2, 0) is 16.6 Å². The van der Waals surface area contributed by atoms with Gasteiger partial charge in [0.1, 0.15) is 10.6 Å². The number of aryl methyl sites for hydroxylation is 1. The van der Waals surface area contributed by atoms with E-state index in [2.05, 4.69) is 5.10 Å². The van der Waals surface area contributed by atoms with Gasteiger partial charge in [0.05, 0.1) is 25.0 Å². The predicted octanol–water partition coefficient (Wildman–Crippen LogP) is 2.70. The Bertz CT molecular complexity index is 1250. The van der Waals surface area contributed by atoms with Crippen molar-refractivity contribution in [1.29, 1.82) is 0 Å². The molecule has 1 aliphatic rings. The number of nitrogens with zero attached hydrogens (tertiary/aromatic N) is 4. The molecule has 33 heavy (non-hydrogen) atoms. The molecule has 1 aromatic heterocycles. The van der Waals surface area contributed by atoms with E-state index in [1.807, 2.05) is 30.3 Å². The third-order valence-corrected chi connectivity index (χ3v) is 8.08. The van der Waals surface area contributed by atoms with Crippen LogP contribution in [0.2, 0.25) is 0 Å². The van der Waals surface area contributed by atoms with E-state index in [9.17, 15) is 13.2 Å². The predicted molar refractivity (Wildman–Crippen MR) is 125 cm³/mol. The second kappa shape index (κ2) is 9.36. The Morgan fingerprint density at radius 1 is 1.00 bits per heavy atom. The van der Waals surface area contributed by atoms with Crippen LogP contribution in [-0.4, -0.2) is 66.6 Å². The van der Waals surface area contributed by atoms with Gasteiger partial charge in [-0.05, 0) is 37.6 Å². The van der Waals surface area contributed by atoms with E-state index in [0.717, 1.165) is 5.56 Å². The number of amides is 1. The first-order valence-electron chi connectivity index (χ1n) is 10.8. The Morgan fingerprint density at radius 2 is 1.70 bits per heavy atom. The van der Waals surface area contributed by atoms with Gasteiger partial charge in [0.25, 0.3) is 5.91 Å². The maximum Gasteiger partial charge on any atom is 0.254 e. The molecule has 0 aliphatic carbocycles. The van der Waals surface area contributed by atoms with E-state index in [4.69, 9.17) is 4.74 Å². The number of sulfonamides is 1. The summed E-state index contributed by atoms with van der Waals surface area (Å²) in [6.45, 7) is 5.15. The molecule has 0 saturated carbocycles. The number of benzene rings is 2. The lowest BCUT2D eigenvalue weighted by atomic mass is 10.1. The van der Waals surface area contributed by atoms with E-state index < -0.39 is 10.0 Å². The lowest BCUT2D eigenvalue weighted by molar-refractivity contribution is 0.0697. The summed E-state index contributed by atoms with van der Waals surface area (Å²) in [7, 11) is -2.17. The fourth-order valence-corrected chi connectivity index (χ4v) is 5.96. The summed E-state index contributed by atoms with van der Waals surface area (Å²) in [5, 5.41) is 4.50. The van der Waals surface area contributed by atoms with Gasteiger partial charge in [-0.2, -0.15) is 9.40 Å². The number of aromatic nitrogens is 2. The molecule has 2 heterocycles. The normalized spacial score (nSPS) is 14.9. The first-order chi connectivity index (χ1) is 15.8. The van der Waals surface area contributed by atoms with Crippen molar-refractivity contribution >= 4 is 15.9 Å². The highest BCUT2D eigenvalue weighted by Gasteiger charge is 2.34. The topological polar surface area (TPSA) is 84.7 Å². The average molecular weight is 469 g/mol. The zero-order valence-electron chi connectivity index (χ0n) is 19.1. The monoisotopic (exact) mass is 468 g/mol. The van der Waals surface area contributed by atoms with Crippen LogP contribution in [0.25, 0.3) is 0 Å². The number of methoxy groups -OCH3 is 1. The second-order valence-electron chi connectivity index (χ2n) is 8.07. The molecule has 4 rings (SSSR count). The van der Waals surface area contributed by atoms with Gasteiger partial charge in [-0.25, -0.2) is 8.42 Å². The first kappa shape index (κ1) is 23.0. The second-order valence-corrected chi connectivity index (χ2v) is 9.95. The molecule has 0 bridgehead atoms. The molecule has 1 saturated heterocycles. The number of carbonyl (C=O) groups excluding carboxylic acids is 1. The van der Waals surface area contributed by atoms with Crippen LogP contribution < -0.4 is 4.74 Å². The van der Waals surface area contributed by atoms with Crippen molar-refractivity contribution in [3.8, 4) is 5.75 Å². The Labute approximate surface area is 194 Å². The Hall–Kier alpha value is -3.17. The quantitative estimate of drug-likeness (QED) is 0.555. The van der Waals surface area contributed by atoms with Gasteiger partial charge in [0.2, 0.25) is 10.0 Å². The minimum absolute atomic E-state index is 0.131. The summed E-state index contributed by atoms with van der Waals surface area (Å²) in [6, 6.07) is 16.8. The van der Waals surface area contributed by atoms with Crippen molar-refractivity contribution in [2.24, 2.45) is 0 Å². The van der Waals surface area contributed by atoms with Gasteiger partial charge in [-0.1, -0.05) is 36.4 Å². The molecule has 0 atom stereocenters. The lowest BCUT2D eigenvalue weighted by Gasteiger charge is -2.34. The third-order valence-electron chi connectivity index (χ3n) is 5.93. The van der Waals surface area contributed by atoms with Crippen LogP contribution in [0.15, 0.2) is 59.5 Å². The summed E-state index contributed by atoms with van der Waals surface area (Å²) < 4.78 is 35.3. The minimum Gasteiger partial charge on any atom is -0.497 e. The summed E-state index contributed by atoms with van der Waals surface area (Å²) in [5.41, 5.74) is 2.68. The Kier molecular flexibility index (Phi) is 6.53. The van der Waals surface area contributed by atoms with Crippen LogP contribution >= 0.6 is 0 Å². The van der Waals surface area contributed by atoms with E-state index in [1.54, 1.807) is 54.8 Å². The number of carbonyl (C=O) groups is 1. The summed E-state index contributed by atoms with van der Waals surface area (Å²) in [4.78, 5) is 14.8. The van der Waals surface area contributed by atoms with Gasteiger partial charge in [-0.3, -0.25) is 9.48 Å². The van der Waals surface area contributed by atoms with Crippen molar-refractivity contribution < 1.29 is 17.9 Å². The van der Waals surface area contributed by atoms with Gasteiger partial charge in [-0.15, -0.1) is 0 Å². The minimum atomic E-state index is -3.73. The van der Waals surface area contributed by atoms with E-state index >= 15 is 0 Å². The van der Waals surface area contributed by atoms with Crippen molar-refractivity contribution in [1.82, 2.24) is 19.0 Å². The molecule has 1 fully saturated rings. The zero-order valence-corrected chi connectivity index (χ0v) is 19.9. The molecular weight excluding hydrogens is 440 g/mol. The molecule has 0 N–H and O–H groups in total. The Balaban J connectivity index is 1.48. The van der Waals surface area contributed by atoms with E-state index in [-0.39, 0.29) is 23.9 Å². The highest BCUT2D eigenvalue weighted by molar-refractivity contribution is 7.89. The molecule has 9 heteroatoms. The van der Waals surface area contributed by atoms with Crippen LogP contribution in [0.1, 0.15) is 27.3 Å².